The van der Waals surface area contributed by atoms with Crippen molar-refractivity contribution in [2.24, 2.45) is 0 Å². The Morgan fingerprint density at radius 1 is 1.08 bits per heavy atom. The number of nitrogens with zero attached hydrogens (tertiary/aromatic N) is 3. The molecule has 2 fully saturated rings. The zero-order valence-electron chi connectivity index (χ0n) is 21.1. The van der Waals surface area contributed by atoms with Gasteiger partial charge in [-0.1, -0.05) is 48.7 Å². The van der Waals surface area contributed by atoms with E-state index in [0.717, 1.165) is 83.6 Å². The number of hydrogen-bond donors (Lipinski definition) is 1. The summed E-state index contributed by atoms with van der Waals surface area (Å²) in [5.41, 5.74) is 0.813. The Kier molecular flexibility index (Phi) is 10.3. The van der Waals surface area contributed by atoms with Crippen LogP contribution >= 0.6 is 11.6 Å². The van der Waals surface area contributed by atoms with Crippen LogP contribution in [0, 0.1) is 0 Å². The summed E-state index contributed by atoms with van der Waals surface area (Å²) >= 11 is 6.17. The van der Waals surface area contributed by atoms with Gasteiger partial charge < -0.3 is 19.9 Å². The third-order valence-electron chi connectivity index (χ3n) is 7.27. The molecule has 3 aliphatic rings. The van der Waals surface area contributed by atoms with Crippen molar-refractivity contribution in [3.8, 4) is 0 Å². The number of benzene rings is 1. The summed E-state index contributed by atoms with van der Waals surface area (Å²) in [5, 5.41) is 3.75. The van der Waals surface area contributed by atoms with Crippen molar-refractivity contribution < 1.29 is 14.3 Å². The van der Waals surface area contributed by atoms with E-state index in [1.165, 1.54) is 0 Å². The Bertz CT molecular complexity index is 908. The zero-order chi connectivity index (χ0) is 25.2. The lowest BCUT2D eigenvalue weighted by molar-refractivity contribution is -0.143. The van der Waals surface area contributed by atoms with Gasteiger partial charge in [-0.25, -0.2) is 0 Å². The van der Waals surface area contributed by atoms with Crippen LogP contribution in [0.1, 0.15) is 50.1 Å². The van der Waals surface area contributed by atoms with Crippen LogP contribution in [0.3, 0.4) is 0 Å². The van der Waals surface area contributed by atoms with E-state index in [0.29, 0.717) is 18.0 Å². The highest BCUT2D eigenvalue weighted by Gasteiger charge is 2.37. The van der Waals surface area contributed by atoms with Crippen molar-refractivity contribution >= 4 is 23.4 Å². The molecular weight excluding hydrogens is 476 g/mol. The fourth-order valence-electron chi connectivity index (χ4n) is 5.32. The van der Waals surface area contributed by atoms with Crippen LogP contribution in [0.25, 0.3) is 0 Å². The Labute approximate surface area is 220 Å². The Morgan fingerprint density at radius 3 is 2.53 bits per heavy atom. The van der Waals surface area contributed by atoms with Gasteiger partial charge in [-0.3, -0.25) is 14.5 Å². The lowest BCUT2D eigenvalue weighted by Crippen LogP contribution is -2.49. The SMILES string of the molecule is O=C(NCCN1CCOCC1)C(c1ccc(Cl)cc1)N(C(=O)CCCN1C=CC=CC1)C1CCCC1. The third kappa shape index (κ3) is 7.58. The molecule has 0 spiro atoms. The Balaban J connectivity index is 1.46. The minimum Gasteiger partial charge on any atom is -0.379 e. The second-order valence-corrected chi connectivity index (χ2v) is 10.2. The number of rotatable bonds is 11. The molecule has 196 valence electrons. The molecule has 2 heterocycles. The van der Waals surface area contributed by atoms with Crippen molar-refractivity contribution in [2.45, 2.75) is 50.6 Å². The number of halogens is 1. The van der Waals surface area contributed by atoms with E-state index < -0.39 is 6.04 Å². The summed E-state index contributed by atoms with van der Waals surface area (Å²) in [5.74, 6) is -0.0587. The van der Waals surface area contributed by atoms with Crippen molar-refractivity contribution in [3.05, 3.63) is 59.3 Å². The highest BCUT2D eigenvalue weighted by atomic mass is 35.5. The summed E-state index contributed by atoms with van der Waals surface area (Å²) in [6.07, 6.45) is 13.5. The number of hydrogen-bond acceptors (Lipinski definition) is 5. The van der Waals surface area contributed by atoms with Gasteiger partial charge in [0.25, 0.3) is 0 Å². The lowest BCUT2D eigenvalue weighted by atomic mass is 10.00. The summed E-state index contributed by atoms with van der Waals surface area (Å²) in [4.78, 5) is 33.8. The molecule has 1 saturated heterocycles. The number of morpholine rings is 1. The van der Waals surface area contributed by atoms with Gasteiger partial charge in [-0.15, -0.1) is 0 Å². The molecule has 2 aliphatic heterocycles. The molecule has 1 saturated carbocycles. The van der Waals surface area contributed by atoms with Gasteiger partial charge in [0.1, 0.15) is 6.04 Å². The maximum atomic E-state index is 13.7. The first-order valence-corrected chi connectivity index (χ1v) is 13.7. The van der Waals surface area contributed by atoms with E-state index in [1.54, 1.807) is 12.1 Å². The molecule has 1 unspecified atom stereocenters. The predicted molar refractivity (Wildman–Crippen MR) is 143 cm³/mol. The lowest BCUT2D eigenvalue weighted by Gasteiger charge is -2.36. The number of allylic oxidation sites excluding steroid dienone is 2. The standard InChI is InChI=1S/C28H39ClN4O3/c29-24-12-10-23(11-13-24)27(28(35)30-14-18-32-19-21-36-22-20-32)33(25-7-2-3-8-25)26(34)9-6-17-31-15-4-1-5-16-31/h1,4-5,10-13,15,25,27H,2-3,6-9,14,16-22H2,(H,30,35). The van der Waals surface area contributed by atoms with Crippen molar-refractivity contribution in [1.29, 1.82) is 0 Å². The molecule has 1 aromatic rings. The van der Waals surface area contributed by atoms with E-state index in [-0.39, 0.29) is 17.9 Å². The minimum absolute atomic E-state index is 0.0571. The Hall–Kier alpha value is -2.35. The fourth-order valence-corrected chi connectivity index (χ4v) is 5.44. The molecular formula is C28H39ClN4O3. The van der Waals surface area contributed by atoms with Gasteiger partial charge in [-0.05, 0) is 49.2 Å². The van der Waals surface area contributed by atoms with E-state index in [2.05, 4.69) is 27.4 Å². The van der Waals surface area contributed by atoms with Gasteiger partial charge in [0.05, 0.1) is 13.2 Å². The molecule has 0 aromatic heterocycles. The van der Waals surface area contributed by atoms with Crippen LogP contribution in [-0.2, 0) is 14.3 Å². The predicted octanol–water partition coefficient (Wildman–Crippen LogP) is 3.77. The molecule has 0 bridgehead atoms. The van der Waals surface area contributed by atoms with Crippen LogP contribution in [0.15, 0.2) is 48.7 Å². The molecule has 36 heavy (non-hydrogen) atoms. The second kappa shape index (κ2) is 13.8. The average Bonchev–Trinajstić information content (AvgIpc) is 3.43. The number of amides is 2. The average molecular weight is 515 g/mol. The number of ether oxygens (including phenoxy) is 1. The van der Waals surface area contributed by atoms with Gasteiger partial charge in [0.2, 0.25) is 11.8 Å². The smallest absolute Gasteiger partial charge is 0.247 e. The first kappa shape index (κ1) is 26.7. The summed E-state index contributed by atoms with van der Waals surface area (Å²) < 4.78 is 5.42. The van der Waals surface area contributed by atoms with Gasteiger partial charge in [0.15, 0.2) is 0 Å². The van der Waals surface area contributed by atoms with Gasteiger partial charge in [0, 0.05) is 56.8 Å². The largest absolute Gasteiger partial charge is 0.379 e. The molecule has 1 atom stereocenters. The first-order valence-electron chi connectivity index (χ1n) is 13.3. The quantitative estimate of drug-likeness (QED) is 0.487. The number of nitrogens with one attached hydrogen (secondary N) is 1. The highest BCUT2D eigenvalue weighted by Crippen LogP contribution is 2.33. The molecule has 1 aliphatic carbocycles. The van der Waals surface area contributed by atoms with E-state index in [4.69, 9.17) is 16.3 Å². The third-order valence-corrected chi connectivity index (χ3v) is 7.52. The van der Waals surface area contributed by atoms with Gasteiger partial charge in [-0.2, -0.15) is 0 Å². The van der Waals surface area contributed by atoms with E-state index in [1.807, 2.05) is 29.2 Å². The number of carbonyl (C=O) groups excluding carboxylic acids is 2. The first-order chi connectivity index (χ1) is 17.6. The number of carbonyl (C=O) groups is 2. The normalized spacial score (nSPS) is 19.4. The maximum absolute atomic E-state index is 13.7. The fraction of sp³-hybridized carbons (Fsp3) is 0.571. The van der Waals surface area contributed by atoms with E-state index >= 15 is 0 Å². The zero-order valence-corrected chi connectivity index (χ0v) is 21.9. The Morgan fingerprint density at radius 2 is 1.83 bits per heavy atom. The van der Waals surface area contributed by atoms with Crippen LogP contribution in [0.5, 0.6) is 0 Å². The molecule has 4 rings (SSSR count). The minimum atomic E-state index is -0.652. The molecule has 0 radical (unpaired) electrons. The molecule has 8 heteroatoms. The van der Waals surface area contributed by atoms with Crippen molar-refractivity contribution in [2.75, 3.05) is 52.5 Å². The monoisotopic (exact) mass is 514 g/mol. The molecule has 2 amide bonds. The van der Waals surface area contributed by atoms with E-state index in [9.17, 15) is 9.59 Å². The van der Waals surface area contributed by atoms with Gasteiger partial charge >= 0.3 is 0 Å². The maximum Gasteiger partial charge on any atom is 0.247 e. The van der Waals surface area contributed by atoms with Crippen molar-refractivity contribution in [1.82, 2.24) is 20.0 Å². The summed E-state index contributed by atoms with van der Waals surface area (Å²) in [6.45, 7) is 6.24. The summed E-state index contributed by atoms with van der Waals surface area (Å²) in [7, 11) is 0. The van der Waals surface area contributed by atoms with Crippen molar-refractivity contribution in [3.63, 3.8) is 0 Å². The van der Waals surface area contributed by atoms with Crippen LogP contribution < -0.4 is 5.32 Å². The van der Waals surface area contributed by atoms with Crippen LogP contribution in [0.4, 0.5) is 0 Å². The highest BCUT2D eigenvalue weighted by molar-refractivity contribution is 6.30. The van der Waals surface area contributed by atoms with Crippen LogP contribution in [-0.4, -0.2) is 85.0 Å². The summed E-state index contributed by atoms with van der Waals surface area (Å²) in [6, 6.07) is 6.81. The molecule has 1 aromatic carbocycles. The topological polar surface area (TPSA) is 65.1 Å². The second-order valence-electron chi connectivity index (χ2n) is 9.81. The molecule has 1 N–H and O–H groups in total. The molecule has 7 nitrogen and oxygen atoms in total. The van der Waals surface area contributed by atoms with Crippen LogP contribution in [0.2, 0.25) is 5.02 Å².